The lowest BCUT2D eigenvalue weighted by Gasteiger charge is -2.22. The number of aliphatic carboxylic acids is 1. The third-order valence-electron chi connectivity index (χ3n) is 5.20. The van der Waals surface area contributed by atoms with Crippen LogP contribution in [-0.2, 0) is 16.0 Å². The van der Waals surface area contributed by atoms with Crippen molar-refractivity contribution in [2.75, 3.05) is 22.5 Å². The maximum absolute atomic E-state index is 13.0. The van der Waals surface area contributed by atoms with Gasteiger partial charge in [0.2, 0.25) is 11.9 Å². The van der Waals surface area contributed by atoms with Crippen molar-refractivity contribution in [2.45, 2.75) is 45.8 Å². The van der Waals surface area contributed by atoms with Crippen molar-refractivity contribution in [2.24, 2.45) is 5.92 Å². The van der Waals surface area contributed by atoms with Gasteiger partial charge >= 0.3 is 12.1 Å². The maximum Gasteiger partial charge on any atom is 0.490 e. The Morgan fingerprint density at radius 1 is 1.03 bits per heavy atom. The lowest BCUT2D eigenvalue weighted by molar-refractivity contribution is -0.192. The molecule has 1 amide bonds. The highest BCUT2D eigenvalue weighted by atomic mass is 19.4. The molecule has 1 heterocycles. The number of nitrogens with zero attached hydrogens (tertiary/aromatic N) is 2. The Balaban J connectivity index is 0.000000673. The molecule has 0 saturated heterocycles. The molecular formula is C27H31F4N5O3. The normalized spacial score (nSPS) is 11.7. The smallest absolute Gasteiger partial charge is 0.475 e. The van der Waals surface area contributed by atoms with Crippen molar-refractivity contribution in [3.8, 4) is 0 Å². The van der Waals surface area contributed by atoms with E-state index in [0.717, 1.165) is 23.2 Å². The van der Waals surface area contributed by atoms with Crippen molar-refractivity contribution < 1.29 is 32.3 Å². The highest BCUT2D eigenvalue weighted by Gasteiger charge is 2.38. The van der Waals surface area contributed by atoms with Gasteiger partial charge in [0.1, 0.15) is 17.7 Å². The van der Waals surface area contributed by atoms with E-state index in [1.54, 1.807) is 18.3 Å². The second-order valence-electron chi connectivity index (χ2n) is 9.01. The van der Waals surface area contributed by atoms with Gasteiger partial charge in [-0.05, 0) is 55.5 Å². The van der Waals surface area contributed by atoms with Crippen LogP contribution in [0.2, 0.25) is 0 Å². The molecule has 0 radical (unpaired) electrons. The SMILES string of the molecule is Cc1cnc(NCCc2ccc(F)cc2)nc1N[C@@H](CC(C)C)C(=O)Nc1ccccc1.O=C(O)C(F)(F)F. The Morgan fingerprint density at radius 2 is 1.64 bits per heavy atom. The third kappa shape index (κ3) is 11.4. The van der Waals surface area contributed by atoms with Gasteiger partial charge in [-0.15, -0.1) is 0 Å². The number of amides is 1. The molecule has 0 spiro atoms. The second kappa shape index (κ2) is 14.6. The number of aromatic nitrogens is 2. The minimum Gasteiger partial charge on any atom is -0.475 e. The molecule has 1 aromatic heterocycles. The fraction of sp³-hybridized carbons (Fsp3) is 0.333. The quantitative estimate of drug-likeness (QED) is 0.241. The van der Waals surface area contributed by atoms with E-state index >= 15 is 0 Å². The van der Waals surface area contributed by atoms with Crippen LogP contribution in [0.5, 0.6) is 0 Å². The number of benzene rings is 2. The van der Waals surface area contributed by atoms with Crippen molar-refractivity contribution in [3.05, 3.63) is 77.7 Å². The molecule has 4 N–H and O–H groups in total. The number of nitrogens with one attached hydrogen (secondary N) is 3. The zero-order chi connectivity index (χ0) is 29.0. The van der Waals surface area contributed by atoms with Crippen LogP contribution in [0, 0.1) is 18.7 Å². The highest BCUT2D eigenvalue weighted by Crippen LogP contribution is 2.18. The summed E-state index contributed by atoms with van der Waals surface area (Å²) in [7, 11) is 0. The first kappa shape index (κ1) is 31.0. The van der Waals surface area contributed by atoms with Crippen LogP contribution >= 0.6 is 0 Å². The summed E-state index contributed by atoms with van der Waals surface area (Å²) in [5, 5.41) is 16.6. The molecule has 2 aromatic carbocycles. The predicted octanol–water partition coefficient (Wildman–Crippen LogP) is 5.68. The number of alkyl halides is 3. The second-order valence-corrected chi connectivity index (χ2v) is 9.01. The lowest BCUT2D eigenvalue weighted by Crippen LogP contribution is -2.36. The number of carbonyl (C=O) groups is 2. The summed E-state index contributed by atoms with van der Waals surface area (Å²) in [6, 6.07) is 15.4. The Hall–Kier alpha value is -4.22. The van der Waals surface area contributed by atoms with E-state index in [2.05, 4.69) is 39.8 Å². The van der Waals surface area contributed by atoms with Gasteiger partial charge in [-0.2, -0.15) is 18.2 Å². The molecule has 0 bridgehead atoms. The van der Waals surface area contributed by atoms with E-state index in [1.165, 1.54) is 12.1 Å². The average molecular weight is 550 g/mol. The topological polar surface area (TPSA) is 116 Å². The summed E-state index contributed by atoms with van der Waals surface area (Å²) in [6.07, 6.45) is -1.97. The minimum atomic E-state index is -5.08. The summed E-state index contributed by atoms with van der Waals surface area (Å²) in [6.45, 7) is 6.68. The minimum absolute atomic E-state index is 0.103. The van der Waals surface area contributed by atoms with Crippen LogP contribution in [0.1, 0.15) is 31.4 Å². The van der Waals surface area contributed by atoms with E-state index in [9.17, 15) is 22.4 Å². The number of carbonyl (C=O) groups excluding carboxylic acids is 1. The van der Waals surface area contributed by atoms with Crippen LogP contribution in [0.3, 0.4) is 0 Å². The van der Waals surface area contributed by atoms with Gasteiger partial charge in [0.05, 0.1) is 0 Å². The number of hydrogen-bond acceptors (Lipinski definition) is 6. The largest absolute Gasteiger partial charge is 0.490 e. The number of halogens is 4. The van der Waals surface area contributed by atoms with Gasteiger partial charge in [-0.25, -0.2) is 14.2 Å². The maximum atomic E-state index is 13.0. The summed E-state index contributed by atoms with van der Waals surface area (Å²) in [5.74, 6) is -1.68. The van der Waals surface area contributed by atoms with Crippen molar-refractivity contribution >= 4 is 29.3 Å². The van der Waals surface area contributed by atoms with E-state index in [-0.39, 0.29) is 11.7 Å². The number of anilines is 3. The van der Waals surface area contributed by atoms with Crippen molar-refractivity contribution in [1.29, 1.82) is 0 Å². The van der Waals surface area contributed by atoms with Crippen molar-refractivity contribution in [3.63, 3.8) is 0 Å². The van der Waals surface area contributed by atoms with E-state index < -0.39 is 18.2 Å². The number of rotatable bonds is 10. The van der Waals surface area contributed by atoms with Crippen LogP contribution in [0.4, 0.5) is 35.0 Å². The summed E-state index contributed by atoms with van der Waals surface area (Å²) < 4.78 is 44.8. The molecule has 0 aliphatic heterocycles. The third-order valence-corrected chi connectivity index (χ3v) is 5.20. The zero-order valence-electron chi connectivity index (χ0n) is 21.7. The molecule has 3 rings (SSSR count). The predicted molar refractivity (Wildman–Crippen MR) is 141 cm³/mol. The summed E-state index contributed by atoms with van der Waals surface area (Å²) >= 11 is 0. The van der Waals surface area contributed by atoms with Gasteiger partial charge < -0.3 is 21.1 Å². The molecule has 1 atom stereocenters. The number of carboxylic acid groups (broad SMARTS) is 1. The number of para-hydroxylation sites is 1. The Morgan fingerprint density at radius 3 is 2.21 bits per heavy atom. The summed E-state index contributed by atoms with van der Waals surface area (Å²) in [4.78, 5) is 30.8. The van der Waals surface area contributed by atoms with Crippen molar-refractivity contribution in [1.82, 2.24) is 9.97 Å². The monoisotopic (exact) mass is 549 g/mol. The fourth-order valence-electron chi connectivity index (χ4n) is 3.26. The summed E-state index contributed by atoms with van der Waals surface area (Å²) in [5.41, 5.74) is 2.64. The molecule has 0 unspecified atom stereocenters. The first-order valence-corrected chi connectivity index (χ1v) is 12.1. The molecular weight excluding hydrogens is 518 g/mol. The van der Waals surface area contributed by atoms with Crippen LogP contribution < -0.4 is 16.0 Å². The number of hydrogen-bond donors (Lipinski definition) is 4. The van der Waals surface area contributed by atoms with Crippen LogP contribution in [0.15, 0.2) is 60.8 Å². The van der Waals surface area contributed by atoms with E-state index in [0.29, 0.717) is 30.6 Å². The number of aryl methyl sites for hydroxylation is 1. The van der Waals surface area contributed by atoms with Crippen LogP contribution in [-0.4, -0.2) is 45.7 Å². The molecule has 0 aliphatic carbocycles. The lowest BCUT2D eigenvalue weighted by atomic mass is 10.0. The Labute approximate surface area is 223 Å². The average Bonchev–Trinajstić information content (AvgIpc) is 2.87. The Bertz CT molecular complexity index is 1210. The molecule has 39 heavy (non-hydrogen) atoms. The zero-order valence-corrected chi connectivity index (χ0v) is 21.7. The molecule has 8 nitrogen and oxygen atoms in total. The Kier molecular flexibility index (Phi) is 11.6. The number of carboxylic acids is 1. The van der Waals surface area contributed by atoms with Gasteiger partial charge in [-0.1, -0.05) is 44.2 Å². The van der Waals surface area contributed by atoms with Gasteiger partial charge in [0.15, 0.2) is 0 Å². The first-order chi connectivity index (χ1) is 18.3. The molecule has 0 aliphatic rings. The first-order valence-electron chi connectivity index (χ1n) is 12.1. The van der Waals surface area contributed by atoms with Crippen LogP contribution in [0.25, 0.3) is 0 Å². The molecule has 0 fully saturated rings. The van der Waals surface area contributed by atoms with Gasteiger partial charge in [0.25, 0.3) is 0 Å². The molecule has 3 aromatic rings. The van der Waals surface area contributed by atoms with E-state index in [4.69, 9.17) is 9.90 Å². The standard InChI is InChI=1S/C25H30FN5O.C2HF3O2/c1-17(2)15-22(24(32)29-21-7-5-4-6-8-21)30-23-18(3)16-28-25(31-23)27-14-13-19-9-11-20(26)12-10-19;3-2(4,5)1(6)7/h4-12,16-17,22H,13-15H2,1-3H3,(H,29,32)(H2,27,28,30,31);(H,6,7)/t22-;/m0./s1. The van der Waals surface area contributed by atoms with Gasteiger partial charge in [-0.3, -0.25) is 4.79 Å². The van der Waals surface area contributed by atoms with E-state index in [1.807, 2.05) is 37.3 Å². The fourth-order valence-corrected chi connectivity index (χ4v) is 3.26. The molecule has 12 heteroatoms. The highest BCUT2D eigenvalue weighted by molar-refractivity contribution is 5.96. The molecule has 0 saturated carbocycles. The molecule has 210 valence electrons. The van der Waals surface area contributed by atoms with Gasteiger partial charge in [0, 0.05) is 24.0 Å².